The van der Waals surface area contributed by atoms with Crippen LogP contribution in [0, 0.1) is 0 Å². The van der Waals surface area contributed by atoms with E-state index in [2.05, 4.69) is 24.2 Å². The highest BCUT2D eigenvalue weighted by atomic mass is 127. The Bertz CT molecular complexity index is 289. The van der Waals surface area contributed by atoms with Gasteiger partial charge in [0.1, 0.15) is 5.84 Å². The van der Waals surface area contributed by atoms with Crippen molar-refractivity contribution < 1.29 is 0 Å². The molecule has 4 heteroatoms. The molecule has 0 aromatic heterocycles. The maximum Gasteiger partial charge on any atom is 0.132 e. The predicted octanol–water partition coefficient (Wildman–Crippen LogP) is 1.01. The Morgan fingerprint density at radius 3 is 3.08 bits per heavy atom. The molecule has 2 N–H and O–H groups in total. The third-order valence-electron chi connectivity index (χ3n) is 1.76. The van der Waals surface area contributed by atoms with Gasteiger partial charge in [-0.1, -0.05) is 4.51 Å². The molecule has 0 amide bonds. The average molecular weight is 291 g/mol. The van der Waals surface area contributed by atoms with Crippen LogP contribution in [0.4, 0.5) is 0 Å². The molecule has 0 aromatic carbocycles. The van der Waals surface area contributed by atoms with Crippen LogP contribution >= 0.6 is 20.7 Å². The fraction of sp³-hybridized carbons (Fsp3) is 0.333. The van der Waals surface area contributed by atoms with Crippen molar-refractivity contribution in [3.63, 3.8) is 0 Å². The molecule has 0 radical (unpaired) electrons. The van der Waals surface area contributed by atoms with E-state index in [9.17, 15) is 0 Å². The number of hydrogen-bond donors (Lipinski definition) is 2. The Hall–Kier alpha value is -0.490. The highest BCUT2D eigenvalue weighted by Gasteiger charge is 2.15. The zero-order chi connectivity index (χ0) is 9.68. The largest absolute Gasteiger partial charge is 0.346 e. The predicted molar refractivity (Wildman–Crippen MR) is 67.7 cm³/mol. The number of rotatable bonds is 3. The van der Waals surface area contributed by atoms with Gasteiger partial charge in [0.15, 0.2) is 0 Å². The lowest BCUT2D eigenvalue weighted by molar-refractivity contribution is 0.892. The first-order valence-corrected chi connectivity index (χ1v) is 6.75. The Balaban J connectivity index is 2.88. The van der Waals surface area contributed by atoms with Crippen molar-refractivity contribution in [3.8, 4) is 0 Å². The van der Waals surface area contributed by atoms with Crippen LogP contribution < -0.4 is 10.6 Å². The van der Waals surface area contributed by atoms with E-state index in [0.717, 1.165) is 12.4 Å². The molecule has 1 aliphatic rings. The van der Waals surface area contributed by atoms with Gasteiger partial charge in [0.05, 0.1) is 0 Å². The quantitative estimate of drug-likeness (QED) is 0.761. The van der Waals surface area contributed by atoms with Crippen LogP contribution in [0.1, 0.15) is 0 Å². The molecule has 0 saturated heterocycles. The van der Waals surface area contributed by atoms with Gasteiger partial charge in [-0.25, -0.2) is 0 Å². The molecule has 0 aliphatic carbocycles. The summed E-state index contributed by atoms with van der Waals surface area (Å²) in [6, 6.07) is 0. The van der Waals surface area contributed by atoms with Crippen LogP contribution in [0.15, 0.2) is 26.4 Å². The number of aliphatic imine (C=N–C) groups is 1. The van der Waals surface area contributed by atoms with Gasteiger partial charge in [-0.2, -0.15) is 0 Å². The molecule has 1 rings (SSSR count). The maximum atomic E-state index is 4.17. The number of nitrogens with one attached hydrogen (secondary N) is 2. The summed E-state index contributed by atoms with van der Waals surface area (Å²) >= 11 is -0.0789. The SMILES string of the molecule is C=I/C=C1/C(CNC)=CNC1=NC. The fourth-order valence-electron chi connectivity index (χ4n) is 1.18. The van der Waals surface area contributed by atoms with Gasteiger partial charge >= 0.3 is 0 Å². The van der Waals surface area contributed by atoms with E-state index in [1.54, 1.807) is 7.05 Å². The molecule has 13 heavy (non-hydrogen) atoms. The molecule has 0 aromatic rings. The summed E-state index contributed by atoms with van der Waals surface area (Å²) in [7, 11) is 3.74. The van der Waals surface area contributed by atoms with Crippen molar-refractivity contribution in [3.05, 3.63) is 21.4 Å². The summed E-state index contributed by atoms with van der Waals surface area (Å²) in [5.41, 5.74) is 2.49. The minimum atomic E-state index is -0.0789. The van der Waals surface area contributed by atoms with Crippen LogP contribution in [-0.2, 0) is 0 Å². The van der Waals surface area contributed by atoms with Crippen LogP contribution in [0.5, 0.6) is 0 Å². The Morgan fingerprint density at radius 2 is 2.54 bits per heavy atom. The molecule has 3 nitrogen and oxygen atoms in total. The molecular formula is C9H14IN3. The van der Waals surface area contributed by atoms with E-state index in [0.29, 0.717) is 0 Å². The standard InChI is InChI=1S/C9H14IN3/c1-10-4-8-7(5-11-2)6-13-9(8)12-3/h4,6,11H,1,5H2,2-3H3,(H,12,13)/b8-4-. The van der Waals surface area contributed by atoms with Crippen molar-refractivity contribution in [1.82, 2.24) is 10.6 Å². The van der Waals surface area contributed by atoms with Crippen LogP contribution in [0.25, 0.3) is 0 Å². The Morgan fingerprint density at radius 1 is 1.77 bits per heavy atom. The first-order valence-electron chi connectivity index (χ1n) is 3.98. The monoisotopic (exact) mass is 291 g/mol. The van der Waals surface area contributed by atoms with Crippen molar-refractivity contribution in [2.45, 2.75) is 0 Å². The van der Waals surface area contributed by atoms with Crippen LogP contribution in [0.3, 0.4) is 0 Å². The topological polar surface area (TPSA) is 36.4 Å². The van der Waals surface area contributed by atoms with Crippen molar-refractivity contribution >= 4 is 31.1 Å². The van der Waals surface area contributed by atoms with Crippen molar-refractivity contribution in [2.24, 2.45) is 4.99 Å². The van der Waals surface area contributed by atoms with Crippen LogP contribution in [-0.4, -0.2) is 31.0 Å². The smallest absolute Gasteiger partial charge is 0.132 e. The molecule has 0 saturated carbocycles. The molecule has 0 atom stereocenters. The van der Waals surface area contributed by atoms with Gasteiger partial charge in [-0.05, 0) is 16.7 Å². The zero-order valence-electron chi connectivity index (χ0n) is 7.89. The minimum absolute atomic E-state index is 0.0789. The second kappa shape index (κ2) is 5.29. The first kappa shape index (κ1) is 10.6. The van der Waals surface area contributed by atoms with E-state index < -0.39 is 0 Å². The molecule has 0 spiro atoms. The summed E-state index contributed by atoms with van der Waals surface area (Å²) in [5.74, 6) is 0.966. The second-order valence-corrected chi connectivity index (χ2v) is 4.10. The third-order valence-corrected chi connectivity index (χ3v) is 2.82. The van der Waals surface area contributed by atoms with E-state index in [1.165, 1.54) is 11.1 Å². The van der Waals surface area contributed by atoms with E-state index in [-0.39, 0.29) is 20.7 Å². The molecule has 0 fully saturated rings. The number of nitrogens with zero attached hydrogens (tertiary/aromatic N) is 1. The van der Waals surface area contributed by atoms with Gasteiger partial charge in [0, 0.05) is 25.4 Å². The summed E-state index contributed by atoms with van der Waals surface area (Å²) in [4.78, 5) is 4.17. The van der Waals surface area contributed by atoms with E-state index in [4.69, 9.17) is 0 Å². The lowest BCUT2D eigenvalue weighted by atomic mass is 10.1. The Labute approximate surface area is 88.8 Å². The number of hydrogen-bond acceptors (Lipinski definition) is 2. The molecular weight excluding hydrogens is 277 g/mol. The number of likely N-dealkylation sites (N-methyl/N-ethyl adjacent to an activating group) is 1. The van der Waals surface area contributed by atoms with E-state index >= 15 is 0 Å². The highest BCUT2D eigenvalue weighted by molar-refractivity contribution is 14.2. The lowest BCUT2D eigenvalue weighted by Gasteiger charge is -2.02. The maximum absolute atomic E-state index is 4.17. The molecule has 72 valence electrons. The van der Waals surface area contributed by atoms with Crippen LogP contribution in [0.2, 0.25) is 0 Å². The van der Waals surface area contributed by atoms with Gasteiger partial charge in [0.2, 0.25) is 0 Å². The molecule has 1 heterocycles. The van der Waals surface area contributed by atoms with E-state index in [1.807, 2.05) is 13.2 Å². The molecule has 0 unspecified atom stereocenters. The first-order chi connectivity index (χ1) is 6.33. The minimum Gasteiger partial charge on any atom is -0.346 e. The summed E-state index contributed by atoms with van der Waals surface area (Å²) in [5, 5.41) is 6.28. The molecule has 0 bridgehead atoms. The second-order valence-electron chi connectivity index (χ2n) is 2.59. The van der Waals surface area contributed by atoms with Crippen molar-refractivity contribution in [2.75, 3.05) is 20.6 Å². The van der Waals surface area contributed by atoms with Gasteiger partial charge in [-0.3, -0.25) is 4.99 Å². The average Bonchev–Trinajstić information content (AvgIpc) is 2.50. The normalized spacial score (nSPS) is 22.2. The van der Waals surface area contributed by atoms with Gasteiger partial charge in [-0.15, -0.1) is 20.7 Å². The van der Waals surface area contributed by atoms with Gasteiger partial charge < -0.3 is 10.6 Å². The third kappa shape index (κ3) is 2.47. The van der Waals surface area contributed by atoms with Gasteiger partial charge in [0.25, 0.3) is 0 Å². The number of amidine groups is 1. The summed E-state index contributed by atoms with van der Waals surface area (Å²) in [6.45, 7) is 0.877. The highest BCUT2D eigenvalue weighted by Crippen LogP contribution is 2.18. The van der Waals surface area contributed by atoms with Crippen molar-refractivity contribution in [1.29, 1.82) is 0 Å². The summed E-state index contributed by atoms with van der Waals surface area (Å²) < 4.78 is 6.11. The summed E-state index contributed by atoms with van der Waals surface area (Å²) in [6.07, 6.45) is 2.00. The molecule has 1 aliphatic heterocycles. The fourth-order valence-corrected chi connectivity index (χ4v) is 2.32. The Kier molecular flexibility index (Phi) is 4.31. The number of halogens is 1. The lowest BCUT2D eigenvalue weighted by Crippen LogP contribution is -2.14. The zero-order valence-corrected chi connectivity index (χ0v) is 10.1.